The minimum Gasteiger partial charge on any atom is -0.309 e. The topological polar surface area (TPSA) is 34.0 Å². The fourth-order valence-corrected chi connectivity index (χ4v) is 12.7. The van der Waals surface area contributed by atoms with Crippen LogP contribution in [-0.2, 0) is 0 Å². The maximum atomic E-state index is 5.48. The van der Waals surface area contributed by atoms with Gasteiger partial charge in [-0.2, -0.15) is 0 Å². The molecule has 15 aromatic rings. The molecule has 0 N–H and O–H groups in total. The van der Waals surface area contributed by atoms with Crippen molar-refractivity contribution in [2.45, 2.75) is 0 Å². The van der Waals surface area contributed by atoms with Crippen molar-refractivity contribution in [3.8, 4) is 106 Å². The van der Waals surface area contributed by atoms with E-state index in [0.29, 0.717) is 0 Å². The zero-order valence-corrected chi connectivity index (χ0v) is 45.8. The highest BCUT2D eigenvalue weighted by Crippen LogP contribution is 2.55. The molecule has 0 radical (unpaired) electrons. The molecular formula is C80H52N4. The first-order valence-corrected chi connectivity index (χ1v) is 28.7. The largest absolute Gasteiger partial charge is 0.309 e. The molecule has 1 aliphatic rings. The molecule has 1 aliphatic heterocycles. The van der Waals surface area contributed by atoms with Gasteiger partial charge in [0, 0.05) is 56.0 Å². The van der Waals surface area contributed by atoms with Crippen molar-refractivity contribution in [2.75, 3.05) is 4.90 Å². The number of nitrogens with zero attached hydrogens (tertiary/aromatic N) is 4. The van der Waals surface area contributed by atoms with Crippen molar-refractivity contribution >= 4 is 49.6 Å². The first-order valence-electron chi connectivity index (χ1n) is 28.7. The van der Waals surface area contributed by atoms with E-state index in [1.807, 2.05) is 12.3 Å². The molecule has 12 aromatic carbocycles. The Morgan fingerprint density at radius 2 is 0.714 bits per heavy atom. The molecule has 4 nitrogen and oxygen atoms in total. The van der Waals surface area contributed by atoms with E-state index in [9.17, 15) is 0 Å². The summed E-state index contributed by atoms with van der Waals surface area (Å²) in [6.45, 7) is 0. The minimum absolute atomic E-state index is 0.910. The van der Waals surface area contributed by atoms with E-state index in [-0.39, 0.29) is 0 Å². The minimum atomic E-state index is 0.910. The van der Waals surface area contributed by atoms with Crippen LogP contribution in [0.3, 0.4) is 0 Å². The Kier molecular flexibility index (Phi) is 11.8. The molecule has 3 aromatic heterocycles. The predicted octanol–water partition coefficient (Wildman–Crippen LogP) is 21.5. The summed E-state index contributed by atoms with van der Waals surface area (Å²) < 4.78 is 2.51. The van der Waals surface area contributed by atoms with Crippen LogP contribution < -0.4 is 4.90 Å². The summed E-state index contributed by atoms with van der Waals surface area (Å²) in [5.41, 5.74) is 26.3. The Morgan fingerprint density at radius 1 is 0.238 bits per heavy atom. The summed E-state index contributed by atoms with van der Waals surface area (Å²) in [6, 6.07) is 112. The Morgan fingerprint density at radius 3 is 1.25 bits per heavy atom. The molecular weight excluding hydrogens is 1020 g/mol. The van der Waals surface area contributed by atoms with Crippen LogP contribution in [0.5, 0.6) is 0 Å². The highest BCUT2D eigenvalue weighted by Gasteiger charge is 2.30. The molecule has 0 amide bonds. The normalized spacial score (nSPS) is 11.8. The number of anilines is 3. The molecule has 0 saturated carbocycles. The Labute approximate surface area is 488 Å². The van der Waals surface area contributed by atoms with Crippen LogP contribution >= 0.6 is 0 Å². The molecule has 4 heterocycles. The zero-order chi connectivity index (χ0) is 55.5. The molecule has 0 atom stereocenters. The van der Waals surface area contributed by atoms with Crippen molar-refractivity contribution < 1.29 is 0 Å². The van der Waals surface area contributed by atoms with E-state index in [1.54, 1.807) is 0 Å². The molecule has 0 spiro atoms. The second-order valence-corrected chi connectivity index (χ2v) is 21.7. The third-order valence-corrected chi connectivity index (χ3v) is 16.7. The van der Waals surface area contributed by atoms with Gasteiger partial charge in [0.1, 0.15) is 0 Å². The summed E-state index contributed by atoms with van der Waals surface area (Å²) >= 11 is 0. The lowest BCUT2D eigenvalue weighted by Crippen LogP contribution is -2.15. The third kappa shape index (κ3) is 8.55. The van der Waals surface area contributed by atoms with Gasteiger partial charge in [-0.3, -0.25) is 4.98 Å². The Hall–Kier alpha value is -11.2. The zero-order valence-electron chi connectivity index (χ0n) is 45.8. The number of hydrogen-bond acceptors (Lipinski definition) is 3. The van der Waals surface area contributed by atoms with Gasteiger partial charge in [0.25, 0.3) is 0 Å². The van der Waals surface area contributed by atoms with Crippen LogP contribution in [0.1, 0.15) is 0 Å². The van der Waals surface area contributed by atoms with E-state index in [0.717, 1.165) is 145 Å². The summed E-state index contributed by atoms with van der Waals surface area (Å²) in [7, 11) is 0. The average Bonchev–Trinajstić information content (AvgIpc) is 3.20. The number of pyridine rings is 2. The number of aromatic nitrogens is 3. The maximum absolute atomic E-state index is 5.48. The molecule has 392 valence electrons. The average molecular weight is 1070 g/mol. The van der Waals surface area contributed by atoms with Gasteiger partial charge in [0.2, 0.25) is 0 Å². The first kappa shape index (κ1) is 48.7. The van der Waals surface area contributed by atoms with Crippen LogP contribution in [-0.4, -0.2) is 14.5 Å². The van der Waals surface area contributed by atoms with Crippen molar-refractivity contribution in [3.05, 3.63) is 316 Å². The van der Waals surface area contributed by atoms with E-state index in [1.165, 1.54) is 10.9 Å². The molecule has 4 heteroatoms. The number of fused-ring (bicyclic) bond motifs is 5. The number of rotatable bonds is 10. The quantitative estimate of drug-likeness (QED) is 0.137. The Bertz CT molecular complexity index is 4790. The van der Waals surface area contributed by atoms with Crippen LogP contribution in [0.25, 0.3) is 139 Å². The monoisotopic (exact) mass is 1070 g/mol. The van der Waals surface area contributed by atoms with E-state index in [4.69, 9.17) is 9.97 Å². The summed E-state index contributed by atoms with van der Waals surface area (Å²) in [5, 5.41) is 4.61. The van der Waals surface area contributed by atoms with Crippen molar-refractivity contribution in [1.29, 1.82) is 0 Å². The fraction of sp³-hybridized carbons (Fsp3) is 0. The third-order valence-electron chi connectivity index (χ3n) is 16.7. The van der Waals surface area contributed by atoms with Crippen molar-refractivity contribution in [2.24, 2.45) is 0 Å². The predicted molar refractivity (Wildman–Crippen MR) is 351 cm³/mol. The highest BCUT2D eigenvalue weighted by molar-refractivity contribution is 6.21. The van der Waals surface area contributed by atoms with Gasteiger partial charge in [0.15, 0.2) is 0 Å². The second kappa shape index (κ2) is 20.4. The van der Waals surface area contributed by atoms with E-state index < -0.39 is 0 Å². The lowest BCUT2D eigenvalue weighted by molar-refractivity contribution is 1.18. The lowest BCUT2D eigenvalue weighted by atomic mass is 9.87. The standard InChI is InChI=1S/C80H52N4/c1-7-22-53(23-8-1)60-42-61(54-24-9-2-10-25-54)45-65(44-60)83-76-40-37-59(75-50-64(57-30-15-5-16-31-57)49-74(82-75)58-32-17-6-18-33-58)48-70(76)72-51-71-69-39-38-67(73-35-19-20-41-81-73)68-34-21-36-77(80(68)69)84(78(71)52-79(72)83)66-46-62(55-26-11-3-12-27-55)43-63(47-66)56-28-13-4-14-29-56/h1-52H. The van der Waals surface area contributed by atoms with Crippen LogP contribution in [0.2, 0.25) is 0 Å². The van der Waals surface area contributed by atoms with Gasteiger partial charge in [-0.05, 0) is 158 Å². The van der Waals surface area contributed by atoms with Crippen LogP contribution in [0.4, 0.5) is 17.1 Å². The Balaban J connectivity index is 1.02. The molecule has 0 fully saturated rings. The van der Waals surface area contributed by atoms with Gasteiger partial charge in [-0.25, -0.2) is 4.98 Å². The molecule has 84 heavy (non-hydrogen) atoms. The fourth-order valence-electron chi connectivity index (χ4n) is 12.7. The molecule has 16 rings (SSSR count). The highest BCUT2D eigenvalue weighted by atomic mass is 15.2. The van der Waals surface area contributed by atoms with Gasteiger partial charge in [-0.15, -0.1) is 0 Å². The maximum Gasteiger partial charge on any atom is 0.0715 e. The van der Waals surface area contributed by atoms with E-state index >= 15 is 0 Å². The first-order chi connectivity index (χ1) is 41.6. The summed E-state index contributed by atoms with van der Waals surface area (Å²) in [5.74, 6) is 0. The van der Waals surface area contributed by atoms with Gasteiger partial charge >= 0.3 is 0 Å². The van der Waals surface area contributed by atoms with Crippen LogP contribution in [0, 0.1) is 0 Å². The van der Waals surface area contributed by atoms with Gasteiger partial charge in [0.05, 0.1) is 39.5 Å². The van der Waals surface area contributed by atoms with Gasteiger partial charge < -0.3 is 9.47 Å². The lowest BCUT2D eigenvalue weighted by Gasteiger charge is -2.35. The van der Waals surface area contributed by atoms with Crippen LogP contribution in [0.15, 0.2) is 316 Å². The molecule has 0 aliphatic carbocycles. The number of hydrogen-bond donors (Lipinski definition) is 0. The second-order valence-electron chi connectivity index (χ2n) is 21.7. The molecule has 0 saturated heterocycles. The summed E-state index contributed by atoms with van der Waals surface area (Å²) in [6.07, 6.45) is 1.89. The van der Waals surface area contributed by atoms with Crippen molar-refractivity contribution in [1.82, 2.24) is 14.5 Å². The smallest absolute Gasteiger partial charge is 0.0715 e. The molecule has 0 unspecified atom stereocenters. The molecule has 0 bridgehead atoms. The van der Waals surface area contributed by atoms with Gasteiger partial charge in [-0.1, -0.05) is 218 Å². The SMILES string of the molecule is c1ccc(-c2cc(-c3ccccc3)cc(N3c4cc5c(cc4-c4ccc(-c6ccccn6)c6cccc3c46)c3cc(-c4cc(-c6ccccc6)cc(-c6ccccc6)n4)ccc3n5-c3cc(-c4ccccc4)cc(-c4ccccc4)c3)c2)cc1. The number of benzene rings is 12. The summed E-state index contributed by atoms with van der Waals surface area (Å²) in [4.78, 5) is 12.9. The van der Waals surface area contributed by atoms with Crippen molar-refractivity contribution in [3.63, 3.8) is 0 Å². The van der Waals surface area contributed by atoms with E-state index in [2.05, 4.69) is 313 Å².